The zero-order valence-corrected chi connectivity index (χ0v) is 8.28. The van der Waals surface area contributed by atoms with Crippen LogP contribution < -0.4 is 0 Å². The Kier molecular flexibility index (Phi) is 3.50. The fourth-order valence-corrected chi connectivity index (χ4v) is 1.21. The molecule has 1 N–H and O–H groups in total. The molecular formula is C11H11F3N. The molecule has 1 nitrogen and oxygen atoms in total. The first kappa shape index (κ1) is 11.8. The maximum atomic E-state index is 12.3. The molecule has 0 bridgehead atoms. The van der Waals surface area contributed by atoms with Crippen molar-refractivity contribution in [1.82, 2.24) is 0 Å². The summed E-state index contributed by atoms with van der Waals surface area (Å²) in [4.78, 5) is 0. The van der Waals surface area contributed by atoms with Gasteiger partial charge in [0.25, 0.3) is 0 Å². The van der Waals surface area contributed by atoms with Crippen LogP contribution in [0.1, 0.15) is 30.9 Å². The van der Waals surface area contributed by atoms with Crippen molar-refractivity contribution in [2.45, 2.75) is 25.9 Å². The van der Waals surface area contributed by atoms with Crippen molar-refractivity contribution in [1.29, 1.82) is 5.41 Å². The monoisotopic (exact) mass is 214 g/mol. The molecule has 0 amide bonds. The summed E-state index contributed by atoms with van der Waals surface area (Å²) in [5, 5.41) is 7.55. The minimum Gasteiger partial charge on any atom is -0.305 e. The maximum absolute atomic E-state index is 12.3. The van der Waals surface area contributed by atoms with Crippen LogP contribution in [0.3, 0.4) is 0 Å². The average molecular weight is 214 g/mol. The van der Waals surface area contributed by atoms with Crippen LogP contribution in [0.5, 0.6) is 0 Å². The molecule has 0 aromatic heterocycles. The van der Waals surface area contributed by atoms with E-state index >= 15 is 0 Å². The summed E-state index contributed by atoms with van der Waals surface area (Å²) in [5.74, 6) is 0. The summed E-state index contributed by atoms with van der Waals surface area (Å²) in [6.07, 6.45) is -3.15. The van der Waals surface area contributed by atoms with Gasteiger partial charge in [-0.15, -0.1) is 0 Å². The molecule has 0 spiro atoms. The minimum atomic E-state index is -4.39. The first-order valence-corrected chi connectivity index (χ1v) is 4.62. The minimum absolute atomic E-state index is 0.233. The molecule has 0 aliphatic carbocycles. The Bertz CT molecular complexity index is 355. The quantitative estimate of drug-likeness (QED) is 0.742. The topological polar surface area (TPSA) is 23.9 Å². The number of alkyl halides is 3. The van der Waals surface area contributed by atoms with Crippen molar-refractivity contribution in [2.75, 3.05) is 0 Å². The zero-order valence-electron chi connectivity index (χ0n) is 8.28. The van der Waals surface area contributed by atoms with Gasteiger partial charge in [-0.3, -0.25) is 0 Å². The van der Waals surface area contributed by atoms with Crippen LogP contribution >= 0.6 is 0 Å². The number of rotatable bonds is 3. The maximum Gasteiger partial charge on any atom is 0.417 e. The lowest BCUT2D eigenvalue weighted by atomic mass is 10.0. The molecule has 0 saturated carbocycles. The summed E-state index contributed by atoms with van der Waals surface area (Å²) in [5.41, 5.74) is -0.263. The van der Waals surface area contributed by atoms with E-state index in [1.807, 2.05) is 6.92 Å². The largest absolute Gasteiger partial charge is 0.417 e. The van der Waals surface area contributed by atoms with Crippen LogP contribution in [0.2, 0.25) is 0 Å². The van der Waals surface area contributed by atoms with Gasteiger partial charge in [0, 0.05) is 5.71 Å². The van der Waals surface area contributed by atoms with Crippen molar-refractivity contribution in [3.05, 3.63) is 35.4 Å². The van der Waals surface area contributed by atoms with Gasteiger partial charge in [-0.25, -0.2) is 0 Å². The Morgan fingerprint density at radius 2 is 2.13 bits per heavy atom. The fourth-order valence-electron chi connectivity index (χ4n) is 1.21. The van der Waals surface area contributed by atoms with Gasteiger partial charge in [-0.2, -0.15) is 13.2 Å². The number of hydrogen-bond acceptors (Lipinski definition) is 1. The molecular weight excluding hydrogens is 203 g/mol. The molecule has 0 fully saturated rings. The van der Waals surface area contributed by atoms with Gasteiger partial charge in [-0.05, 0) is 24.1 Å². The second-order valence-corrected chi connectivity index (χ2v) is 3.22. The summed E-state index contributed by atoms with van der Waals surface area (Å²) >= 11 is 0. The third-order valence-corrected chi connectivity index (χ3v) is 1.96. The van der Waals surface area contributed by atoms with E-state index in [9.17, 15) is 13.2 Å². The predicted octanol–water partition coefficient (Wildman–Crippen LogP) is 3.67. The lowest BCUT2D eigenvalue weighted by molar-refractivity contribution is -0.137. The molecule has 0 aliphatic heterocycles. The molecule has 1 rings (SSSR count). The average Bonchev–Trinajstić information content (AvgIpc) is 2.17. The number of halogens is 3. The van der Waals surface area contributed by atoms with Gasteiger partial charge in [0.05, 0.1) is 5.56 Å². The molecule has 0 saturated heterocycles. The molecule has 0 heterocycles. The molecule has 1 radical (unpaired) electrons. The van der Waals surface area contributed by atoms with Crippen molar-refractivity contribution in [3.63, 3.8) is 0 Å². The number of benzene rings is 1. The van der Waals surface area contributed by atoms with Crippen molar-refractivity contribution < 1.29 is 13.2 Å². The second kappa shape index (κ2) is 4.47. The molecule has 81 valence electrons. The van der Waals surface area contributed by atoms with Crippen LogP contribution in [0.25, 0.3) is 0 Å². The highest BCUT2D eigenvalue weighted by molar-refractivity contribution is 5.98. The Balaban J connectivity index is 2.98. The fraction of sp³-hybridized carbons (Fsp3) is 0.364. The molecule has 0 atom stereocenters. The summed E-state index contributed by atoms with van der Waals surface area (Å²) in [6, 6.07) is 5.78. The molecule has 0 unspecified atom stereocenters. The van der Waals surface area contributed by atoms with Gasteiger partial charge >= 0.3 is 6.18 Å². The number of hydrogen-bond donors (Lipinski definition) is 1. The van der Waals surface area contributed by atoms with E-state index < -0.39 is 11.7 Å². The van der Waals surface area contributed by atoms with Crippen LogP contribution in [0.15, 0.2) is 18.2 Å². The first-order chi connectivity index (χ1) is 6.95. The lowest BCUT2D eigenvalue weighted by Gasteiger charge is -2.08. The van der Waals surface area contributed by atoms with Gasteiger partial charge in [0.2, 0.25) is 0 Å². The summed E-state index contributed by atoms with van der Waals surface area (Å²) in [7, 11) is 0. The molecule has 1 aromatic rings. The third-order valence-electron chi connectivity index (χ3n) is 1.96. The normalized spacial score (nSPS) is 11.5. The van der Waals surface area contributed by atoms with E-state index in [4.69, 9.17) is 5.41 Å². The van der Waals surface area contributed by atoms with E-state index in [2.05, 4.69) is 6.07 Å². The second-order valence-electron chi connectivity index (χ2n) is 3.22. The Labute approximate surface area is 86.4 Å². The SMILES string of the molecule is CCCC(=N)c1cc[c]c(C(F)(F)F)c1. The zero-order chi connectivity index (χ0) is 11.5. The van der Waals surface area contributed by atoms with E-state index in [1.54, 1.807) is 0 Å². The highest BCUT2D eigenvalue weighted by Crippen LogP contribution is 2.29. The third kappa shape index (κ3) is 3.08. The van der Waals surface area contributed by atoms with E-state index in [1.165, 1.54) is 12.1 Å². The molecule has 15 heavy (non-hydrogen) atoms. The molecule has 1 aromatic carbocycles. The van der Waals surface area contributed by atoms with Crippen LogP contribution in [-0.4, -0.2) is 5.71 Å². The van der Waals surface area contributed by atoms with Crippen LogP contribution in [0.4, 0.5) is 13.2 Å². The summed E-state index contributed by atoms with van der Waals surface area (Å²) < 4.78 is 36.9. The van der Waals surface area contributed by atoms with Gasteiger partial charge in [0.15, 0.2) is 0 Å². The number of nitrogens with one attached hydrogen (secondary N) is 1. The predicted molar refractivity (Wildman–Crippen MR) is 52.0 cm³/mol. The highest BCUT2D eigenvalue weighted by Gasteiger charge is 2.30. The summed E-state index contributed by atoms with van der Waals surface area (Å²) in [6.45, 7) is 1.88. The smallest absolute Gasteiger partial charge is 0.305 e. The van der Waals surface area contributed by atoms with Crippen LogP contribution in [-0.2, 0) is 6.18 Å². The standard InChI is InChI=1S/C11H11F3N/c1-2-4-10(15)8-5-3-6-9(7-8)11(12,13)14/h3,5,7,15H,2,4H2,1H3. The van der Waals surface area contributed by atoms with E-state index in [0.29, 0.717) is 12.0 Å². The molecule has 0 aliphatic rings. The first-order valence-electron chi connectivity index (χ1n) is 4.62. The van der Waals surface area contributed by atoms with Gasteiger partial charge in [0.1, 0.15) is 0 Å². The van der Waals surface area contributed by atoms with E-state index in [0.717, 1.165) is 12.5 Å². The highest BCUT2D eigenvalue weighted by atomic mass is 19.4. The van der Waals surface area contributed by atoms with Crippen molar-refractivity contribution in [2.24, 2.45) is 0 Å². The Morgan fingerprint density at radius 1 is 1.47 bits per heavy atom. The van der Waals surface area contributed by atoms with Crippen LogP contribution in [0, 0.1) is 11.5 Å². The van der Waals surface area contributed by atoms with Crippen molar-refractivity contribution in [3.8, 4) is 0 Å². The lowest BCUT2D eigenvalue weighted by Crippen LogP contribution is -2.07. The molecule has 4 heteroatoms. The Hall–Kier alpha value is -1.32. The van der Waals surface area contributed by atoms with Gasteiger partial charge < -0.3 is 5.41 Å². The van der Waals surface area contributed by atoms with Crippen molar-refractivity contribution >= 4 is 5.71 Å². The van der Waals surface area contributed by atoms with E-state index in [-0.39, 0.29) is 5.71 Å². The Morgan fingerprint density at radius 3 is 2.67 bits per heavy atom. The van der Waals surface area contributed by atoms with Gasteiger partial charge in [-0.1, -0.05) is 25.5 Å².